The molecule has 1 aromatic carbocycles. The van der Waals surface area contributed by atoms with E-state index in [0.717, 1.165) is 3.79 Å². The molecule has 0 aliphatic carbocycles. The van der Waals surface area contributed by atoms with E-state index in [-0.39, 0.29) is 9.88 Å². The fourth-order valence-electron chi connectivity index (χ4n) is 1.65. The van der Waals surface area contributed by atoms with E-state index in [1.54, 1.807) is 31.2 Å². The molecule has 0 saturated carbocycles. The summed E-state index contributed by atoms with van der Waals surface area (Å²) in [6.07, 6.45) is 0. The van der Waals surface area contributed by atoms with Crippen LogP contribution in [0, 0.1) is 6.92 Å². The number of halogens is 2. The SMILES string of the molecule is Cc1sc(Br)cc1S(=O)(=O)Nc1ccc(C(N)=S)cc1Br. The van der Waals surface area contributed by atoms with Crippen molar-refractivity contribution >= 4 is 76.1 Å². The van der Waals surface area contributed by atoms with Gasteiger partial charge >= 0.3 is 0 Å². The summed E-state index contributed by atoms with van der Waals surface area (Å²) >= 11 is 12.9. The minimum Gasteiger partial charge on any atom is -0.389 e. The highest BCUT2D eigenvalue weighted by molar-refractivity contribution is 9.11. The van der Waals surface area contributed by atoms with Crippen molar-refractivity contribution in [2.45, 2.75) is 11.8 Å². The van der Waals surface area contributed by atoms with Gasteiger partial charge in [0, 0.05) is 14.9 Å². The molecule has 0 saturated heterocycles. The molecule has 1 heterocycles. The molecule has 0 bridgehead atoms. The third-order valence-corrected chi connectivity index (χ3v) is 6.70. The Labute approximate surface area is 149 Å². The monoisotopic (exact) mass is 468 g/mol. The molecule has 0 aliphatic heterocycles. The number of sulfonamides is 1. The van der Waals surface area contributed by atoms with Crippen LogP contribution in [-0.2, 0) is 10.0 Å². The Morgan fingerprint density at radius 1 is 1.33 bits per heavy atom. The summed E-state index contributed by atoms with van der Waals surface area (Å²) in [7, 11) is -3.64. The maximum atomic E-state index is 12.4. The van der Waals surface area contributed by atoms with Crippen molar-refractivity contribution in [1.82, 2.24) is 0 Å². The molecule has 0 amide bonds. The van der Waals surface area contributed by atoms with Gasteiger partial charge in [0.05, 0.1) is 9.47 Å². The van der Waals surface area contributed by atoms with Gasteiger partial charge in [0.2, 0.25) is 0 Å². The van der Waals surface area contributed by atoms with Gasteiger partial charge < -0.3 is 5.73 Å². The number of hydrogen-bond acceptors (Lipinski definition) is 4. The van der Waals surface area contributed by atoms with Gasteiger partial charge in [-0.1, -0.05) is 12.2 Å². The molecule has 3 N–H and O–H groups in total. The third-order valence-electron chi connectivity index (χ3n) is 2.63. The summed E-state index contributed by atoms with van der Waals surface area (Å²) in [5.74, 6) is 0. The van der Waals surface area contributed by atoms with E-state index < -0.39 is 10.0 Å². The standard InChI is InChI=1S/C12H10Br2N2O2S3/c1-6-10(5-11(14)20-6)21(17,18)16-9-3-2-7(12(15)19)4-8(9)13/h2-5,16H,1H3,(H2,15,19). The largest absolute Gasteiger partial charge is 0.389 e. The van der Waals surface area contributed by atoms with Crippen LogP contribution in [0.5, 0.6) is 0 Å². The lowest BCUT2D eigenvalue weighted by atomic mass is 10.2. The zero-order valence-corrected chi connectivity index (χ0v) is 16.3. The average Bonchev–Trinajstić information content (AvgIpc) is 2.71. The highest BCUT2D eigenvalue weighted by atomic mass is 79.9. The topological polar surface area (TPSA) is 72.2 Å². The lowest BCUT2D eigenvalue weighted by Crippen LogP contribution is -2.14. The number of rotatable bonds is 4. The second kappa shape index (κ2) is 6.33. The summed E-state index contributed by atoms with van der Waals surface area (Å²) < 4.78 is 28.7. The van der Waals surface area contributed by atoms with E-state index in [2.05, 4.69) is 36.6 Å². The molecule has 4 nitrogen and oxygen atoms in total. The van der Waals surface area contributed by atoms with E-state index in [0.29, 0.717) is 20.6 Å². The Hall–Kier alpha value is -0.480. The second-order valence-corrected chi connectivity index (χ2v) is 9.72. The first-order valence-electron chi connectivity index (χ1n) is 5.59. The summed E-state index contributed by atoms with van der Waals surface area (Å²) in [5.41, 5.74) is 6.63. The predicted molar refractivity (Wildman–Crippen MR) is 97.6 cm³/mol. The fraction of sp³-hybridized carbons (Fsp3) is 0.0833. The molecule has 21 heavy (non-hydrogen) atoms. The quantitative estimate of drug-likeness (QED) is 0.663. The van der Waals surface area contributed by atoms with Crippen LogP contribution in [0.15, 0.2) is 37.4 Å². The smallest absolute Gasteiger partial charge is 0.263 e. The van der Waals surface area contributed by atoms with Crippen LogP contribution >= 0.6 is 55.4 Å². The van der Waals surface area contributed by atoms with Crippen molar-refractivity contribution in [3.63, 3.8) is 0 Å². The Kier molecular flexibility index (Phi) is 5.09. The van der Waals surface area contributed by atoms with Crippen LogP contribution in [0.1, 0.15) is 10.4 Å². The van der Waals surface area contributed by atoms with Crippen molar-refractivity contribution in [1.29, 1.82) is 0 Å². The number of hydrogen-bond donors (Lipinski definition) is 2. The molecule has 0 unspecified atom stereocenters. The van der Waals surface area contributed by atoms with Gasteiger partial charge in [-0.3, -0.25) is 4.72 Å². The van der Waals surface area contributed by atoms with Crippen molar-refractivity contribution in [2.24, 2.45) is 5.73 Å². The van der Waals surface area contributed by atoms with Crippen LogP contribution in [0.3, 0.4) is 0 Å². The zero-order valence-electron chi connectivity index (χ0n) is 10.7. The van der Waals surface area contributed by atoms with E-state index in [1.807, 2.05) is 0 Å². The minimum absolute atomic E-state index is 0.253. The molecule has 112 valence electrons. The van der Waals surface area contributed by atoms with Gasteiger partial charge in [0.25, 0.3) is 10.0 Å². The maximum Gasteiger partial charge on any atom is 0.263 e. The molecule has 2 aromatic rings. The number of nitrogens with two attached hydrogens (primary N) is 1. The van der Waals surface area contributed by atoms with Gasteiger partial charge in [-0.2, -0.15) is 0 Å². The molecule has 0 aliphatic rings. The van der Waals surface area contributed by atoms with Gasteiger partial charge in [-0.25, -0.2) is 8.42 Å². The van der Waals surface area contributed by atoms with Crippen LogP contribution < -0.4 is 10.5 Å². The lowest BCUT2D eigenvalue weighted by molar-refractivity contribution is 0.601. The second-order valence-electron chi connectivity index (χ2n) is 4.14. The van der Waals surface area contributed by atoms with Gasteiger partial charge in [0.15, 0.2) is 0 Å². The number of aryl methyl sites for hydroxylation is 1. The Morgan fingerprint density at radius 3 is 2.48 bits per heavy atom. The third kappa shape index (κ3) is 3.84. The van der Waals surface area contributed by atoms with Crippen LogP contribution in [0.25, 0.3) is 0 Å². The van der Waals surface area contributed by atoms with Crippen LogP contribution in [-0.4, -0.2) is 13.4 Å². The molecule has 0 atom stereocenters. The Morgan fingerprint density at radius 2 is 2.00 bits per heavy atom. The molecule has 2 rings (SSSR count). The van der Waals surface area contributed by atoms with Crippen molar-refractivity contribution in [2.75, 3.05) is 4.72 Å². The molecule has 9 heteroatoms. The number of anilines is 1. The number of thiophene rings is 1. The molecule has 1 aromatic heterocycles. The summed E-state index contributed by atoms with van der Waals surface area (Å²) in [4.78, 5) is 1.22. The molecule has 0 radical (unpaired) electrons. The molecule has 0 spiro atoms. The average molecular weight is 470 g/mol. The predicted octanol–water partition coefficient (Wildman–Crippen LogP) is 4.02. The van der Waals surface area contributed by atoms with Crippen molar-refractivity contribution in [3.05, 3.63) is 43.0 Å². The first kappa shape index (κ1) is 16.9. The maximum absolute atomic E-state index is 12.4. The number of thiocarbonyl (C=S) groups is 1. The first-order chi connectivity index (χ1) is 9.70. The van der Waals surface area contributed by atoms with Crippen molar-refractivity contribution < 1.29 is 8.42 Å². The highest BCUT2D eigenvalue weighted by Gasteiger charge is 2.20. The number of benzene rings is 1. The first-order valence-corrected chi connectivity index (χ1v) is 9.88. The normalized spacial score (nSPS) is 11.4. The van der Waals surface area contributed by atoms with E-state index in [1.165, 1.54) is 11.3 Å². The van der Waals surface area contributed by atoms with Crippen LogP contribution in [0.4, 0.5) is 5.69 Å². The lowest BCUT2D eigenvalue weighted by Gasteiger charge is -2.10. The van der Waals surface area contributed by atoms with Gasteiger partial charge in [-0.15, -0.1) is 11.3 Å². The van der Waals surface area contributed by atoms with Gasteiger partial charge in [0.1, 0.15) is 9.88 Å². The minimum atomic E-state index is -3.64. The Bertz CT molecular complexity index is 816. The molecular formula is C12H10Br2N2O2S3. The fourth-order valence-corrected chi connectivity index (χ4v) is 5.88. The molecular weight excluding hydrogens is 460 g/mol. The number of nitrogens with one attached hydrogen (secondary N) is 1. The summed E-state index contributed by atoms with van der Waals surface area (Å²) in [6, 6.07) is 6.55. The van der Waals surface area contributed by atoms with E-state index >= 15 is 0 Å². The molecule has 0 fully saturated rings. The van der Waals surface area contributed by atoms with Gasteiger partial charge in [-0.05, 0) is 63.0 Å². The van der Waals surface area contributed by atoms with E-state index in [4.69, 9.17) is 18.0 Å². The summed E-state index contributed by atoms with van der Waals surface area (Å²) in [6.45, 7) is 1.76. The zero-order chi connectivity index (χ0) is 15.8. The highest BCUT2D eigenvalue weighted by Crippen LogP contribution is 2.32. The van der Waals surface area contributed by atoms with Crippen LogP contribution in [0.2, 0.25) is 0 Å². The Balaban J connectivity index is 2.37. The summed E-state index contributed by atoms with van der Waals surface area (Å²) in [5, 5.41) is 0. The van der Waals surface area contributed by atoms with E-state index in [9.17, 15) is 8.42 Å². The van der Waals surface area contributed by atoms with Crippen molar-refractivity contribution in [3.8, 4) is 0 Å².